The van der Waals surface area contributed by atoms with Gasteiger partial charge < -0.3 is 25.6 Å². The van der Waals surface area contributed by atoms with Crippen LogP contribution in [0, 0.1) is 0 Å². The van der Waals surface area contributed by atoms with E-state index < -0.39 is 71.6 Å². The van der Waals surface area contributed by atoms with Gasteiger partial charge in [-0.2, -0.15) is 26.3 Å². The van der Waals surface area contributed by atoms with Crippen LogP contribution in [0.15, 0.2) is 35.4 Å². The van der Waals surface area contributed by atoms with Crippen LogP contribution in [0.4, 0.5) is 37.8 Å². The lowest BCUT2D eigenvalue weighted by Gasteiger charge is -2.40. The number of aromatic hydroxyl groups is 1. The summed E-state index contributed by atoms with van der Waals surface area (Å²) in [7, 11) is 0.865. The van der Waals surface area contributed by atoms with Crippen LogP contribution >= 0.6 is 23.2 Å². The predicted octanol–water partition coefficient (Wildman–Crippen LogP) is 4.64. The first kappa shape index (κ1) is 35.7. The Morgan fingerprint density at radius 3 is 2.41 bits per heavy atom. The number of nitrogens with one attached hydrogen (secondary N) is 1. The topological polar surface area (TPSA) is 152 Å². The Morgan fingerprint density at radius 1 is 1.10 bits per heavy atom. The van der Waals surface area contributed by atoms with Gasteiger partial charge in [-0.05, 0) is 24.6 Å². The molecule has 1 atom stereocenters. The van der Waals surface area contributed by atoms with E-state index in [2.05, 4.69) is 15.3 Å². The van der Waals surface area contributed by atoms with Crippen molar-refractivity contribution in [3.05, 3.63) is 62.4 Å². The van der Waals surface area contributed by atoms with Gasteiger partial charge in [-0.15, -0.1) is 0 Å². The SMILES string of the molecule is C[C@H]1CN(CC(F)(F)F)CCN1c1cc(NC(=O)Cn2cc(-c3cc(Cl)c(O)c(C(N)=O)c3)c3c(=O)n(C)c(C(F)(F)F)nc32)c(Cl)cn1. The molecular weight excluding hydrogens is 709 g/mol. The van der Waals surface area contributed by atoms with E-state index in [-0.39, 0.29) is 56.4 Å². The van der Waals surface area contributed by atoms with E-state index in [9.17, 15) is 45.8 Å². The smallest absolute Gasteiger partial charge is 0.449 e. The first-order valence-corrected chi connectivity index (χ1v) is 15.0. The van der Waals surface area contributed by atoms with E-state index in [4.69, 9.17) is 28.9 Å². The number of anilines is 2. The number of amides is 2. The number of hydrogen-bond donors (Lipinski definition) is 3. The summed E-state index contributed by atoms with van der Waals surface area (Å²) in [6.45, 7) is 0.341. The third-order valence-electron chi connectivity index (χ3n) is 7.83. The summed E-state index contributed by atoms with van der Waals surface area (Å²) in [5, 5.41) is 12.0. The van der Waals surface area contributed by atoms with E-state index in [1.807, 2.05) is 0 Å². The maximum absolute atomic E-state index is 13.9. The van der Waals surface area contributed by atoms with E-state index in [1.165, 1.54) is 17.2 Å². The Labute approximate surface area is 282 Å². The number of nitrogens with two attached hydrogens (primary N) is 1. The number of phenols is 1. The quantitative estimate of drug-likeness (QED) is 0.233. The summed E-state index contributed by atoms with van der Waals surface area (Å²) in [4.78, 5) is 49.5. The van der Waals surface area contributed by atoms with E-state index >= 15 is 0 Å². The second-order valence-corrected chi connectivity index (χ2v) is 12.2. The van der Waals surface area contributed by atoms with Gasteiger partial charge >= 0.3 is 12.4 Å². The van der Waals surface area contributed by atoms with Gasteiger partial charge in [0.1, 0.15) is 23.8 Å². The molecule has 1 saturated heterocycles. The van der Waals surface area contributed by atoms with Crippen LogP contribution in [-0.4, -0.2) is 79.3 Å². The predicted molar refractivity (Wildman–Crippen MR) is 168 cm³/mol. The lowest BCUT2D eigenvalue weighted by Crippen LogP contribution is -2.54. The van der Waals surface area contributed by atoms with Crippen LogP contribution < -0.4 is 21.5 Å². The summed E-state index contributed by atoms with van der Waals surface area (Å²) in [6, 6.07) is 3.26. The van der Waals surface area contributed by atoms with Gasteiger partial charge in [0.05, 0.1) is 39.4 Å². The number of hydrogen-bond acceptors (Lipinski definition) is 8. The molecule has 12 nitrogen and oxygen atoms in total. The van der Waals surface area contributed by atoms with Crippen molar-refractivity contribution in [2.75, 3.05) is 36.4 Å². The van der Waals surface area contributed by atoms with Crippen LogP contribution in [0.25, 0.3) is 22.2 Å². The molecule has 0 unspecified atom stereocenters. The molecule has 4 heterocycles. The molecule has 0 saturated carbocycles. The van der Waals surface area contributed by atoms with Crippen molar-refractivity contribution in [2.24, 2.45) is 12.8 Å². The Kier molecular flexibility index (Phi) is 9.52. The highest BCUT2D eigenvalue weighted by Crippen LogP contribution is 2.37. The van der Waals surface area contributed by atoms with Crippen LogP contribution in [0.3, 0.4) is 0 Å². The van der Waals surface area contributed by atoms with Gasteiger partial charge in [0.15, 0.2) is 0 Å². The van der Waals surface area contributed by atoms with Crippen molar-refractivity contribution in [1.82, 2.24) is 24.0 Å². The largest absolute Gasteiger partial charge is 0.506 e. The molecule has 0 aliphatic carbocycles. The molecular formula is C29H26Cl2F6N8O4. The number of aromatic nitrogens is 4. The average Bonchev–Trinajstić information content (AvgIpc) is 3.34. The minimum absolute atomic E-state index is 0.00527. The zero-order valence-electron chi connectivity index (χ0n) is 25.5. The van der Waals surface area contributed by atoms with Crippen molar-refractivity contribution in [1.29, 1.82) is 0 Å². The minimum atomic E-state index is -5.06. The molecule has 0 radical (unpaired) electrons. The van der Waals surface area contributed by atoms with Gasteiger partial charge in [0.2, 0.25) is 11.7 Å². The summed E-state index contributed by atoms with van der Waals surface area (Å²) >= 11 is 12.4. The summed E-state index contributed by atoms with van der Waals surface area (Å²) in [5.74, 6) is -3.80. The number of fused-ring (bicyclic) bond motifs is 1. The molecule has 4 aromatic rings. The number of rotatable bonds is 7. The Balaban J connectivity index is 1.50. The van der Waals surface area contributed by atoms with Gasteiger partial charge in [-0.3, -0.25) is 23.9 Å². The van der Waals surface area contributed by atoms with Crippen molar-refractivity contribution in [3.8, 4) is 16.9 Å². The van der Waals surface area contributed by atoms with E-state index in [0.29, 0.717) is 5.82 Å². The lowest BCUT2D eigenvalue weighted by molar-refractivity contribution is -0.148. The first-order valence-electron chi connectivity index (χ1n) is 14.3. The molecule has 0 spiro atoms. The lowest BCUT2D eigenvalue weighted by atomic mass is 10.0. The van der Waals surface area contributed by atoms with Crippen molar-refractivity contribution in [2.45, 2.75) is 31.9 Å². The maximum Gasteiger partial charge on any atom is 0.449 e. The second-order valence-electron chi connectivity index (χ2n) is 11.3. The Morgan fingerprint density at radius 2 is 1.80 bits per heavy atom. The monoisotopic (exact) mass is 734 g/mol. The molecule has 1 aliphatic heterocycles. The fourth-order valence-corrected chi connectivity index (χ4v) is 6.02. The number of nitrogens with zero attached hydrogens (tertiary/aromatic N) is 6. The number of pyridine rings is 1. The zero-order chi connectivity index (χ0) is 36.2. The average molecular weight is 735 g/mol. The Hall–Kier alpha value is -4.55. The number of alkyl halides is 6. The molecule has 2 amide bonds. The standard InChI is InChI=1S/C29H26Cl2F6N8O4/c1-13-9-43(12-28(32,33)34)3-4-45(13)20-7-19(18(31)8-39-20)40-21(46)11-44-10-16(14-5-15(24(38)48)23(47)17(30)6-14)22-25(44)41-27(29(35,36)37)42(2)26(22)49/h5-8,10,13,47H,3-4,9,11-12H2,1-2H3,(H2,38,48)(H,39,40,46)/t13-/m0/s1. The second kappa shape index (κ2) is 13.1. The number of piperazine rings is 1. The fourth-order valence-electron chi connectivity index (χ4n) is 5.65. The highest BCUT2D eigenvalue weighted by Gasteiger charge is 2.38. The summed E-state index contributed by atoms with van der Waals surface area (Å²) in [6.07, 6.45) is -7.02. The van der Waals surface area contributed by atoms with E-state index in [1.54, 1.807) is 11.8 Å². The molecule has 5 rings (SSSR count). The molecule has 3 aromatic heterocycles. The molecule has 1 aromatic carbocycles. The summed E-state index contributed by atoms with van der Waals surface area (Å²) in [5.41, 5.74) is 3.22. The number of carbonyl (C=O) groups excluding carboxylic acids is 2. The van der Waals surface area contributed by atoms with Gasteiger partial charge in [0.25, 0.3) is 11.5 Å². The fraction of sp³-hybridized carbons (Fsp3) is 0.345. The van der Waals surface area contributed by atoms with Crippen LogP contribution in [0.1, 0.15) is 23.1 Å². The summed E-state index contributed by atoms with van der Waals surface area (Å²) < 4.78 is 81.6. The van der Waals surface area contributed by atoms with Crippen LogP contribution in [0.5, 0.6) is 5.75 Å². The minimum Gasteiger partial charge on any atom is -0.506 e. The number of carbonyl (C=O) groups is 2. The van der Waals surface area contributed by atoms with Gasteiger partial charge in [-0.1, -0.05) is 23.2 Å². The third kappa shape index (κ3) is 7.40. The van der Waals surface area contributed by atoms with Crippen molar-refractivity contribution >= 4 is 57.6 Å². The molecule has 1 fully saturated rings. The van der Waals surface area contributed by atoms with E-state index in [0.717, 1.165) is 29.9 Å². The normalized spacial score (nSPS) is 16.0. The highest BCUT2D eigenvalue weighted by molar-refractivity contribution is 6.34. The zero-order valence-corrected chi connectivity index (χ0v) is 27.0. The van der Waals surface area contributed by atoms with Gasteiger partial charge in [-0.25, -0.2) is 9.97 Å². The molecule has 0 bridgehead atoms. The van der Waals surface area contributed by atoms with Crippen LogP contribution in [-0.2, 0) is 24.6 Å². The van der Waals surface area contributed by atoms with Gasteiger partial charge in [0, 0.05) is 50.6 Å². The highest BCUT2D eigenvalue weighted by atomic mass is 35.5. The molecule has 262 valence electrons. The van der Waals surface area contributed by atoms with Crippen LogP contribution in [0.2, 0.25) is 10.0 Å². The molecule has 1 aliphatic rings. The molecule has 4 N–H and O–H groups in total. The third-order valence-corrected chi connectivity index (χ3v) is 8.42. The molecule has 49 heavy (non-hydrogen) atoms. The van der Waals surface area contributed by atoms with Crippen molar-refractivity contribution < 1.29 is 41.0 Å². The number of primary amides is 1. The number of halogens is 8. The Bertz CT molecular complexity index is 2030. The first-order chi connectivity index (χ1) is 22.7. The maximum atomic E-state index is 13.9. The molecule has 20 heteroatoms. The number of benzene rings is 1. The van der Waals surface area contributed by atoms with Crippen molar-refractivity contribution in [3.63, 3.8) is 0 Å².